The molecule has 5 heteroatoms. The molecule has 1 heterocycles. The molecule has 0 bridgehead atoms. The summed E-state index contributed by atoms with van der Waals surface area (Å²) in [7, 11) is 1.69. The predicted octanol–water partition coefficient (Wildman–Crippen LogP) is 0.707. The quantitative estimate of drug-likeness (QED) is 0.754. The zero-order valence-electron chi connectivity index (χ0n) is 9.48. The van der Waals surface area contributed by atoms with E-state index in [2.05, 4.69) is 4.90 Å². The van der Waals surface area contributed by atoms with Crippen molar-refractivity contribution in [1.29, 1.82) is 0 Å². The summed E-state index contributed by atoms with van der Waals surface area (Å²) >= 11 is 0. The molecule has 0 unspecified atom stereocenters. The van der Waals surface area contributed by atoms with Gasteiger partial charge >= 0.3 is 6.09 Å². The van der Waals surface area contributed by atoms with Crippen LogP contribution in [0.1, 0.15) is 13.3 Å². The summed E-state index contributed by atoms with van der Waals surface area (Å²) in [6, 6.07) is 0.0712. The van der Waals surface area contributed by atoms with E-state index < -0.39 is 6.09 Å². The fraction of sp³-hybridized carbons (Fsp3) is 0.900. The van der Waals surface area contributed by atoms with Crippen LogP contribution in [0.4, 0.5) is 4.79 Å². The van der Waals surface area contributed by atoms with Gasteiger partial charge in [0, 0.05) is 32.8 Å². The summed E-state index contributed by atoms with van der Waals surface area (Å²) in [4.78, 5) is 14.7. The van der Waals surface area contributed by atoms with Crippen LogP contribution in [0.3, 0.4) is 0 Å². The molecule has 0 aromatic heterocycles. The normalized spacial score (nSPS) is 23.9. The Hall–Kier alpha value is -0.810. The average Bonchev–Trinajstić information content (AvgIpc) is 2.36. The molecule has 0 aromatic carbocycles. The molecule has 1 atom stereocenters. The van der Waals surface area contributed by atoms with E-state index in [1.54, 1.807) is 7.11 Å². The Morgan fingerprint density at radius 2 is 2.27 bits per heavy atom. The van der Waals surface area contributed by atoms with Gasteiger partial charge in [-0.25, -0.2) is 4.79 Å². The van der Waals surface area contributed by atoms with Crippen LogP contribution < -0.4 is 0 Å². The lowest BCUT2D eigenvalue weighted by Gasteiger charge is -2.26. The second-order valence-electron chi connectivity index (χ2n) is 3.97. The Labute approximate surface area is 90.6 Å². The molecule has 0 aromatic rings. The molecule has 1 rings (SSSR count). The van der Waals surface area contributed by atoms with Gasteiger partial charge in [-0.1, -0.05) is 0 Å². The minimum atomic E-state index is -0.809. The van der Waals surface area contributed by atoms with Gasteiger partial charge in [-0.2, -0.15) is 0 Å². The average molecular weight is 216 g/mol. The van der Waals surface area contributed by atoms with Crippen molar-refractivity contribution in [2.24, 2.45) is 0 Å². The van der Waals surface area contributed by atoms with E-state index in [1.165, 1.54) is 4.90 Å². The lowest BCUT2D eigenvalue weighted by molar-refractivity contribution is 0.119. The molecule has 15 heavy (non-hydrogen) atoms. The maximum absolute atomic E-state index is 10.9. The topological polar surface area (TPSA) is 53.0 Å². The summed E-state index contributed by atoms with van der Waals surface area (Å²) in [6.45, 7) is 5.94. The number of rotatable bonds is 3. The second-order valence-corrected chi connectivity index (χ2v) is 3.97. The molecule has 0 spiro atoms. The van der Waals surface area contributed by atoms with Crippen LogP contribution in [0.15, 0.2) is 0 Å². The van der Waals surface area contributed by atoms with Crippen LogP contribution >= 0.6 is 0 Å². The van der Waals surface area contributed by atoms with Crippen molar-refractivity contribution in [3.05, 3.63) is 0 Å². The predicted molar refractivity (Wildman–Crippen MR) is 57.1 cm³/mol. The van der Waals surface area contributed by atoms with Gasteiger partial charge in [-0.05, 0) is 19.9 Å². The molecule has 1 amide bonds. The number of hydrogen-bond acceptors (Lipinski definition) is 3. The highest BCUT2D eigenvalue weighted by atomic mass is 16.5. The maximum atomic E-state index is 10.9. The fourth-order valence-corrected chi connectivity index (χ4v) is 1.96. The summed E-state index contributed by atoms with van der Waals surface area (Å²) in [5.74, 6) is 0. The summed E-state index contributed by atoms with van der Waals surface area (Å²) in [5, 5.41) is 8.98. The zero-order valence-corrected chi connectivity index (χ0v) is 9.48. The fourth-order valence-electron chi connectivity index (χ4n) is 1.96. The van der Waals surface area contributed by atoms with Crippen LogP contribution in [0.25, 0.3) is 0 Å². The zero-order chi connectivity index (χ0) is 11.3. The van der Waals surface area contributed by atoms with E-state index in [-0.39, 0.29) is 6.04 Å². The van der Waals surface area contributed by atoms with Gasteiger partial charge < -0.3 is 14.7 Å². The Morgan fingerprint density at radius 3 is 2.87 bits per heavy atom. The number of amides is 1. The van der Waals surface area contributed by atoms with E-state index >= 15 is 0 Å². The minimum absolute atomic E-state index is 0.0712. The maximum Gasteiger partial charge on any atom is 0.407 e. The number of ether oxygens (including phenoxy) is 1. The Kier molecular flexibility index (Phi) is 4.84. The Balaban J connectivity index is 2.45. The third kappa shape index (κ3) is 3.68. The third-order valence-corrected chi connectivity index (χ3v) is 2.79. The SMILES string of the molecule is COCCN1CCCN(C(=O)O)[C@@H](C)C1. The number of methoxy groups -OCH3 is 1. The molecule has 1 aliphatic heterocycles. The number of carbonyl (C=O) groups is 1. The first-order valence-corrected chi connectivity index (χ1v) is 5.36. The van der Waals surface area contributed by atoms with Gasteiger partial charge in [0.1, 0.15) is 0 Å². The van der Waals surface area contributed by atoms with E-state index in [9.17, 15) is 4.79 Å². The van der Waals surface area contributed by atoms with Crippen molar-refractivity contribution in [2.45, 2.75) is 19.4 Å². The van der Waals surface area contributed by atoms with Gasteiger partial charge in [0.15, 0.2) is 0 Å². The molecule has 1 aliphatic rings. The minimum Gasteiger partial charge on any atom is -0.465 e. The highest BCUT2D eigenvalue weighted by Crippen LogP contribution is 2.09. The standard InChI is InChI=1S/C10H20N2O3/c1-9-8-11(6-7-15-2)4-3-5-12(9)10(13)14/h9H,3-8H2,1-2H3,(H,13,14)/t9-/m0/s1. The van der Waals surface area contributed by atoms with Crippen LogP contribution in [-0.4, -0.2) is 66.9 Å². The second kappa shape index (κ2) is 5.92. The van der Waals surface area contributed by atoms with Crippen molar-refractivity contribution in [2.75, 3.05) is 39.9 Å². The first-order chi connectivity index (χ1) is 7.15. The van der Waals surface area contributed by atoms with Gasteiger partial charge in [-0.3, -0.25) is 4.90 Å². The molecular weight excluding hydrogens is 196 g/mol. The Morgan fingerprint density at radius 1 is 1.53 bits per heavy atom. The van der Waals surface area contributed by atoms with Gasteiger partial charge in [0.2, 0.25) is 0 Å². The smallest absolute Gasteiger partial charge is 0.407 e. The number of carboxylic acid groups (broad SMARTS) is 1. The van der Waals surface area contributed by atoms with E-state index in [1.807, 2.05) is 6.92 Å². The summed E-state index contributed by atoms with van der Waals surface area (Å²) < 4.78 is 5.02. The van der Waals surface area contributed by atoms with Gasteiger partial charge in [-0.15, -0.1) is 0 Å². The number of hydrogen-bond donors (Lipinski definition) is 1. The first kappa shape index (κ1) is 12.3. The van der Waals surface area contributed by atoms with Crippen molar-refractivity contribution in [3.8, 4) is 0 Å². The third-order valence-electron chi connectivity index (χ3n) is 2.79. The molecule has 0 radical (unpaired) electrons. The molecule has 1 fully saturated rings. The summed E-state index contributed by atoms with van der Waals surface area (Å²) in [5.41, 5.74) is 0. The van der Waals surface area contributed by atoms with Crippen LogP contribution in [0.2, 0.25) is 0 Å². The van der Waals surface area contributed by atoms with Crippen molar-refractivity contribution < 1.29 is 14.6 Å². The molecule has 0 saturated carbocycles. The van der Waals surface area contributed by atoms with E-state index in [0.717, 1.165) is 26.1 Å². The number of nitrogens with zero attached hydrogens (tertiary/aromatic N) is 2. The van der Waals surface area contributed by atoms with Crippen molar-refractivity contribution in [3.63, 3.8) is 0 Å². The van der Waals surface area contributed by atoms with Gasteiger partial charge in [0.25, 0.3) is 0 Å². The Bertz CT molecular complexity index is 211. The monoisotopic (exact) mass is 216 g/mol. The lowest BCUT2D eigenvalue weighted by Crippen LogP contribution is -2.42. The lowest BCUT2D eigenvalue weighted by atomic mass is 10.3. The summed E-state index contributed by atoms with van der Waals surface area (Å²) in [6.07, 6.45) is 0.0940. The molecule has 0 aliphatic carbocycles. The highest BCUT2D eigenvalue weighted by molar-refractivity contribution is 5.65. The molecule has 5 nitrogen and oxygen atoms in total. The molecular formula is C10H20N2O3. The van der Waals surface area contributed by atoms with Crippen molar-refractivity contribution in [1.82, 2.24) is 9.80 Å². The highest BCUT2D eigenvalue weighted by Gasteiger charge is 2.24. The van der Waals surface area contributed by atoms with Crippen LogP contribution in [0, 0.1) is 0 Å². The molecule has 1 N–H and O–H groups in total. The molecule has 1 saturated heterocycles. The van der Waals surface area contributed by atoms with E-state index in [0.29, 0.717) is 13.2 Å². The molecule has 88 valence electrons. The van der Waals surface area contributed by atoms with Crippen LogP contribution in [0.5, 0.6) is 0 Å². The first-order valence-electron chi connectivity index (χ1n) is 5.36. The van der Waals surface area contributed by atoms with Crippen LogP contribution in [-0.2, 0) is 4.74 Å². The van der Waals surface area contributed by atoms with E-state index in [4.69, 9.17) is 9.84 Å². The van der Waals surface area contributed by atoms with Crippen molar-refractivity contribution >= 4 is 6.09 Å². The van der Waals surface area contributed by atoms with Gasteiger partial charge in [0.05, 0.1) is 6.61 Å². The largest absolute Gasteiger partial charge is 0.465 e.